The Labute approximate surface area is 160 Å². The molecule has 0 bridgehead atoms. The van der Waals surface area contributed by atoms with Gasteiger partial charge in [-0.3, -0.25) is 14.9 Å². The van der Waals surface area contributed by atoms with Gasteiger partial charge in [-0.15, -0.1) is 0 Å². The van der Waals surface area contributed by atoms with Gasteiger partial charge >= 0.3 is 5.97 Å². The topological polar surface area (TPSA) is 98.5 Å². The summed E-state index contributed by atoms with van der Waals surface area (Å²) in [6.45, 7) is 0.000265. The Morgan fingerprint density at radius 1 is 1.19 bits per heavy atom. The summed E-state index contributed by atoms with van der Waals surface area (Å²) in [4.78, 5) is 33.5. The number of nitrogens with zero attached hydrogens (tertiary/aromatic N) is 1. The molecule has 1 amide bonds. The lowest BCUT2D eigenvalue weighted by Crippen LogP contribution is -2.30. The molecule has 0 aliphatic heterocycles. The first-order valence-corrected chi connectivity index (χ1v) is 8.42. The van der Waals surface area contributed by atoms with Gasteiger partial charge in [-0.25, -0.2) is 4.79 Å². The highest BCUT2D eigenvalue weighted by Gasteiger charge is 2.06. The summed E-state index contributed by atoms with van der Waals surface area (Å²) in [5.74, 6) is -1.13. The molecule has 0 aliphatic carbocycles. The summed E-state index contributed by atoms with van der Waals surface area (Å²) in [6, 6.07) is 13.1. The number of nitro benzene ring substituents is 1. The molecule has 27 heavy (non-hydrogen) atoms. The third kappa shape index (κ3) is 7.29. The molecule has 0 atom stereocenters. The van der Waals surface area contributed by atoms with E-state index in [1.807, 2.05) is 12.1 Å². The van der Waals surface area contributed by atoms with Crippen LogP contribution in [0.25, 0.3) is 6.08 Å². The van der Waals surface area contributed by atoms with Crippen molar-refractivity contribution in [2.24, 2.45) is 0 Å². The number of rotatable bonds is 8. The normalized spacial score (nSPS) is 10.6. The molecule has 0 spiro atoms. The molecule has 2 aromatic carbocycles. The number of hydrogen-bond acceptors (Lipinski definition) is 5. The molecule has 0 aromatic heterocycles. The van der Waals surface area contributed by atoms with Crippen LogP contribution in [0.2, 0.25) is 5.02 Å². The number of nitro groups is 1. The van der Waals surface area contributed by atoms with Gasteiger partial charge in [0.25, 0.3) is 11.6 Å². The number of carbonyl (C=O) groups excluding carboxylic acids is 2. The van der Waals surface area contributed by atoms with Crippen LogP contribution in [0.3, 0.4) is 0 Å². The van der Waals surface area contributed by atoms with Crippen molar-refractivity contribution in [3.05, 3.63) is 80.9 Å². The van der Waals surface area contributed by atoms with Gasteiger partial charge in [0.15, 0.2) is 6.61 Å². The van der Waals surface area contributed by atoms with Crippen LogP contribution in [-0.4, -0.2) is 30.0 Å². The standard InChI is InChI=1S/C19H17ClN2O5/c20-16-7-4-14(5-8-16)10-11-21-18(23)13-27-19(24)9-6-15-2-1-3-17(12-15)22(25)26/h1-9,12H,10-11,13H2,(H,21,23)/b9-6+. The van der Waals surface area contributed by atoms with Crippen molar-refractivity contribution in [2.75, 3.05) is 13.2 Å². The minimum absolute atomic E-state index is 0.0782. The molecule has 8 heteroatoms. The molecule has 140 valence electrons. The number of halogens is 1. The predicted molar refractivity (Wildman–Crippen MR) is 101 cm³/mol. The molecule has 2 aromatic rings. The minimum Gasteiger partial charge on any atom is -0.452 e. The van der Waals surface area contributed by atoms with E-state index in [1.54, 1.807) is 18.2 Å². The first-order valence-electron chi connectivity index (χ1n) is 8.04. The Bertz CT molecular complexity index is 849. The number of non-ortho nitro benzene ring substituents is 1. The first-order chi connectivity index (χ1) is 12.9. The maximum Gasteiger partial charge on any atom is 0.331 e. The average Bonchev–Trinajstić information content (AvgIpc) is 2.66. The highest BCUT2D eigenvalue weighted by atomic mass is 35.5. The summed E-state index contributed by atoms with van der Waals surface area (Å²) < 4.78 is 4.83. The van der Waals surface area contributed by atoms with Crippen molar-refractivity contribution >= 4 is 35.2 Å². The van der Waals surface area contributed by atoms with Crippen LogP contribution in [0.15, 0.2) is 54.6 Å². The molecule has 0 saturated heterocycles. The van der Waals surface area contributed by atoms with Crippen LogP contribution in [0, 0.1) is 10.1 Å². The number of nitrogens with one attached hydrogen (secondary N) is 1. The molecule has 7 nitrogen and oxygen atoms in total. The number of hydrogen-bond donors (Lipinski definition) is 1. The lowest BCUT2D eigenvalue weighted by Gasteiger charge is -2.05. The summed E-state index contributed by atoms with van der Waals surface area (Å²) in [7, 11) is 0. The van der Waals surface area contributed by atoms with E-state index in [0.717, 1.165) is 11.6 Å². The smallest absolute Gasteiger partial charge is 0.331 e. The molecule has 0 heterocycles. The first kappa shape index (κ1) is 20.1. The summed E-state index contributed by atoms with van der Waals surface area (Å²) >= 11 is 5.80. The highest BCUT2D eigenvalue weighted by Crippen LogP contribution is 2.14. The fourth-order valence-electron chi connectivity index (χ4n) is 2.14. The van der Waals surface area contributed by atoms with Crippen molar-refractivity contribution in [2.45, 2.75) is 6.42 Å². The molecule has 0 fully saturated rings. The van der Waals surface area contributed by atoms with E-state index in [1.165, 1.54) is 24.3 Å². The Morgan fingerprint density at radius 2 is 1.93 bits per heavy atom. The van der Waals surface area contributed by atoms with Gasteiger partial charge in [0.2, 0.25) is 0 Å². The zero-order valence-corrected chi connectivity index (χ0v) is 15.0. The van der Waals surface area contributed by atoms with Crippen molar-refractivity contribution < 1.29 is 19.2 Å². The van der Waals surface area contributed by atoms with Gasteiger partial charge in [0, 0.05) is 29.8 Å². The van der Waals surface area contributed by atoms with Crippen LogP contribution in [0.1, 0.15) is 11.1 Å². The fourth-order valence-corrected chi connectivity index (χ4v) is 2.27. The number of esters is 1. The predicted octanol–water partition coefficient (Wildman–Crippen LogP) is 3.16. The molecule has 0 aliphatic rings. The average molecular weight is 389 g/mol. The van der Waals surface area contributed by atoms with E-state index in [0.29, 0.717) is 23.6 Å². The minimum atomic E-state index is -0.714. The maximum absolute atomic E-state index is 11.7. The Hall–Kier alpha value is -3.19. The lowest BCUT2D eigenvalue weighted by molar-refractivity contribution is -0.384. The molecule has 0 unspecified atom stereocenters. The SMILES string of the molecule is O=C(COC(=O)/C=C/c1cccc([N+](=O)[O-])c1)NCCc1ccc(Cl)cc1. The van der Waals surface area contributed by atoms with E-state index < -0.39 is 23.4 Å². The second-order valence-electron chi connectivity index (χ2n) is 5.52. The van der Waals surface area contributed by atoms with Gasteiger partial charge in [0.1, 0.15) is 0 Å². The van der Waals surface area contributed by atoms with Crippen LogP contribution in [0.5, 0.6) is 0 Å². The molecular weight excluding hydrogens is 372 g/mol. The summed E-state index contributed by atoms with van der Waals surface area (Å²) in [6.07, 6.45) is 3.12. The monoisotopic (exact) mass is 388 g/mol. The molecule has 0 radical (unpaired) electrons. The van der Waals surface area contributed by atoms with Gasteiger partial charge in [-0.1, -0.05) is 35.9 Å². The third-order valence-corrected chi connectivity index (χ3v) is 3.74. The van der Waals surface area contributed by atoms with Gasteiger partial charge < -0.3 is 10.1 Å². The van der Waals surface area contributed by atoms with E-state index in [2.05, 4.69) is 5.32 Å². The Kier molecular flexibility index (Phi) is 7.51. The van der Waals surface area contributed by atoms with E-state index in [9.17, 15) is 19.7 Å². The van der Waals surface area contributed by atoms with Crippen LogP contribution >= 0.6 is 11.6 Å². The van der Waals surface area contributed by atoms with E-state index >= 15 is 0 Å². The number of benzene rings is 2. The second kappa shape index (κ2) is 10.1. The van der Waals surface area contributed by atoms with Gasteiger partial charge in [-0.2, -0.15) is 0 Å². The molecule has 0 saturated carbocycles. The zero-order chi connectivity index (χ0) is 19.6. The van der Waals surface area contributed by atoms with Crippen molar-refractivity contribution in [1.29, 1.82) is 0 Å². The number of amides is 1. The number of ether oxygens (including phenoxy) is 1. The van der Waals surface area contributed by atoms with Gasteiger partial charge in [-0.05, 0) is 35.8 Å². The van der Waals surface area contributed by atoms with Crippen LogP contribution < -0.4 is 5.32 Å². The quantitative estimate of drug-likeness (QED) is 0.324. The van der Waals surface area contributed by atoms with Crippen molar-refractivity contribution in [1.82, 2.24) is 5.32 Å². The third-order valence-electron chi connectivity index (χ3n) is 3.49. The molecule has 2 rings (SSSR count). The molecule has 1 N–H and O–H groups in total. The number of carbonyl (C=O) groups is 2. The highest BCUT2D eigenvalue weighted by molar-refractivity contribution is 6.30. The summed E-state index contributed by atoms with van der Waals surface area (Å²) in [5.41, 5.74) is 1.43. The van der Waals surface area contributed by atoms with Crippen LogP contribution in [-0.2, 0) is 20.7 Å². The van der Waals surface area contributed by atoms with E-state index in [4.69, 9.17) is 16.3 Å². The van der Waals surface area contributed by atoms with Crippen LogP contribution in [0.4, 0.5) is 5.69 Å². The second-order valence-corrected chi connectivity index (χ2v) is 5.96. The van der Waals surface area contributed by atoms with Gasteiger partial charge in [0.05, 0.1) is 4.92 Å². The summed E-state index contributed by atoms with van der Waals surface area (Å²) in [5, 5.41) is 14.0. The maximum atomic E-state index is 11.7. The Balaban J connectivity index is 1.71. The molecular formula is C19H17ClN2O5. The lowest BCUT2D eigenvalue weighted by atomic mass is 10.1. The fraction of sp³-hybridized carbons (Fsp3) is 0.158. The van der Waals surface area contributed by atoms with E-state index in [-0.39, 0.29) is 5.69 Å². The largest absolute Gasteiger partial charge is 0.452 e. The van der Waals surface area contributed by atoms with Crippen molar-refractivity contribution in [3.63, 3.8) is 0 Å². The Morgan fingerprint density at radius 3 is 2.63 bits per heavy atom. The zero-order valence-electron chi connectivity index (χ0n) is 14.3. The van der Waals surface area contributed by atoms with Crippen molar-refractivity contribution in [3.8, 4) is 0 Å².